The number of benzene rings is 2. The van der Waals surface area contributed by atoms with Gasteiger partial charge in [-0.25, -0.2) is 9.79 Å². The number of amidine groups is 1. The molecule has 0 unspecified atom stereocenters. The van der Waals surface area contributed by atoms with Crippen molar-refractivity contribution in [2.24, 2.45) is 4.99 Å². The fourth-order valence-corrected chi connectivity index (χ4v) is 2.29. The molecule has 1 aliphatic rings. The highest BCUT2D eigenvalue weighted by Gasteiger charge is 2.22. The first-order chi connectivity index (χ1) is 10.2. The van der Waals surface area contributed by atoms with Gasteiger partial charge in [0.2, 0.25) is 0 Å². The predicted molar refractivity (Wildman–Crippen MR) is 85.2 cm³/mol. The molecule has 2 aromatic carbocycles. The van der Waals surface area contributed by atoms with Gasteiger partial charge >= 0.3 is 6.03 Å². The standard InChI is InChI=1S/C17H17N3O/c1-13-7-9-14(10-8-13)18-16-11-12-20(17(21)19-16)15-5-3-2-4-6-15/h2-10H,11-12H2,1H3,(H,18,19,21). The summed E-state index contributed by atoms with van der Waals surface area (Å²) in [6.07, 6.45) is 0.717. The number of hydrogen-bond donors (Lipinski definition) is 1. The number of hydrogen-bond acceptors (Lipinski definition) is 2. The van der Waals surface area contributed by atoms with Crippen LogP contribution in [0.4, 0.5) is 16.2 Å². The number of aryl methyl sites for hydroxylation is 1. The molecule has 4 heteroatoms. The molecule has 106 valence electrons. The first-order valence-electron chi connectivity index (χ1n) is 7.00. The molecule has 1 fully saturated rings. The molecule has 2 aromatic rings. The molecule has 0 radical (unpaired) electrons. The Hall–Kier alpha value is -2.62. The lowest BCUT2D eigenvalue weighted by Crippen LogP contribution is -2.49. The van der Waals surface area contributed by atoms with Crippen LogP contribution in [0.15, 0.2) is 59.6 Å². The van der Waals surface area contributed by atoms with Crippen molar-refractivity contribution in [3.8, 4) is 0 Å². The van der Waals surface area contributed by atoms with Crippen LogP contribution in [0.2, 0.25) is 0 Å². The number of rotatable bonds is 2. The van der Waals surface area contributed by atoms with Crippen molar-refractivity contribution in [2.45, 2.75) is 13.3 Å². The molecule has 0 aliphatic carbocycles. The summed E-state index contributed by atoms with van der Waals surface area (Å²) < 4.78 is 0. The number of amides is 2. The molecular formula is C17H17N3O. The van der Waals surface area contributed by atoms with Crippen LogP contribution in [0.5, 0.6) is 0 Å². The van der Waals surface area contributed by atoms with Crippen molar-refractivity contribution >= 4 is 23.2 Å². The van der Waals surface area contributed by atoms with E-state index in [2.05, 4.69) is 10.3 Å². The molecule has 0 aromatic heterocycles. The molecule has 2 amide bonds. The lowest BCUT2D eigenvalue weighted by molar-refractivity contribution is 0.249. The highest BCUT2D eigenvalue weighted by atomic mass is 16.2. The second-order valence-electron chi connectivity index (χ2n) is 5.06. The first-order valence-corrected chi connectivity index (χ1v) is 7.00. The van der Waals surface area contributed by atoms with Gasteiger partial charge in [-0.05, 0) is 31.2 Å². The largest absolute Gasteiger partial charge is 0.327 e. The summed E-state index contributed by atoms with van der Waals surface area (Å²) in [5, 5.41) is 2.87. The predicted octanol–water partition coefficient (Wildman–Crippen LogP) is 3.64. The van der Waals surface area contributed by atoms with E-state index < -0.39 is 0 Å². The van der Waals surface area contributed by atoms with Gasteiger partial charge in [0, 0.05) is 18.7 Å². The smallest absolute Gasteiger partial charge is 0.295 e. The summed E-state index contributed by atoms with van der Waals surface area (Å²) >= 11 is 0. The van der Waals surface area contributed by atoms with Crippen LogP contribution in [0, 0.1) is 6.92 Å². The third-order valence-electron chi connectivity index (χ3n) is 3.43. The Morgan fingerprint density at radius 2 is 1.76 bits per heavy atom. The lowest BCUT2D eigenvalue weighted by atomic mass is 10.2. The monoisotopic (exact) mass is 279 g/mol. The van der Waals surface area contributed by atoms with Gasteiger partial charge in [0.25, 0.3) is 0 Å². The van der Waals surface area contributed by atoms with Crippen molar-refractivity contribution in [3.63, 3.8) is 0 Å². The lowest BCUT2D eigenvalue weighted by Gasteiger charge is -2.28. The van der Waals surface area contributed by atoms with E-state index in [1.807, 2.05) is 61.5 Å². The quantitative estimate of drug-likeness (QED) is 0.896. The number of nitrogens with zero attached hydrogens (tertiary/aromatic N) is 2. The van der Waals surface area contributed by atoms with Crippen LogP contribution >= 0.6 is 0 Å². The van der Waals surface area contributed by atoms with E-state index in [0.717, 1.165) is 17.2 Å². The Kier molecular flexibility index (Phi) is 3.69. The van der Waals surface area contributed by atoms with Gasteiger partial charge in [0.1, 0.15) is 5.84 Å². The Morgan fingerprint density at radius 3 is 2.43 bits per heavy atom. The molecule has 1 saturated heterocycles. The highest BCUT2D eigenvalue weighted by Crippen LogP contribution is 2.18. The minimum Gasteiger partial charge on any atom is -0.295 e. The van der Waals surface area contributed by atoms with Crippen LogP contribution in [0.25, 0.3) is 0 Å². The molecule has 0 bridgehead atoms. The van der Waals surface area contributed by atoms with E-state index >= 15 is 0 Å². The molecule has 0 atom stereocenters. The van der Waals surface area contributed by atoms with Gasteiger partial charge in [0.05, 0.1) is 5.69 Å². The average Bonchev–Trinajstić information content (AvgIpc) is 2.51. The maximum atomic E-state index is 12.2. The second-order valence-corrected chi connectivity index (χ2v) is 5.06. The van der Waals surface area contributed by atoms with Crippen molar-refractivity contribution < 1.29 is 4.79 Å². The average molecular weight is 279 g/mol. The Labute approximate surface area is 124 Å². The van der Waals surface area contributed by atoms with Crippen molar-refractivity contribution in [1.82, 2.24) is 5.32 Å². The van der Waals surface area contributed by atoms with Gasteiger partial charge in [-0.2, -0.15) is 0 Å². The Balaban J connectivity index is 1.74. The summed E-state index contributed by atoms with van der Waals surface area (Å²) in [5.74, 6) is 0.719. The van der Waals surface area contributed by atoms with Crippen LogP contribution in [-0.4, -0.2) is 18.4 Å². The van der Waals surface area contributed by atoms with Crippen LogP contribution in [-0.2, 0) is 0 Å². The molecule has 1 aliphatic heterocycles. The third-order valence-corrected chi connectivity index (χ3v) is 3.43. The highest BCUT2D eigenvalue weighted by molar-refractivity contribution is 6.08. The fraction of sp³-hybridized carbons (Fsp3) is 0.176. The van der Waals surface area contributed by atoms with Crippen LogP contribution in [0.3, 0.4) is 0 Å². The molecule has 1 heterocycles. The summed E-state index contributed by atoms with van der Waals surface area (Å²) in [4.78, 5) is 18.4. The maximum Gasteiger partial charge on any atom is 0.327 e. The van der Waals surface area contributed by atoms with Crippen molar-refractivity contribution in [1.29, 1.82) is 0 Å². The van der Waals surface area contributed by atoms with Gasteiger partial charge in [-0.1, -0.05) is 35.9 Å². The summed E-state index contributed by atoms with van der Waals surface area (Å²) in [5.41, 5.74) is 2.97. The summed E-state index contributed by atoms with van der Waals surface area (Å²) in [6, 6.07) is 17.5. The van der Waals surface area contributed by atoms with E-state index in [1.165, 1.54) is 5.56 Å². The van der Waals surface area contributed by atoms with E-state index in [0.29, 0.717) is 13.0 Å². The summed E-state index contributed by atoms with van der Waals surface area (Å²) in [7, 11) is 0. The summed E-state index contributed by atoms with van der Waals surface area (Å²) in [6.45, 7) is 2.68. The number of para-hydroxylation sites is 1. The minimum atomic E-state index is -0.127. The normalized spacial score (nSPS) is 16.9. The molecule has 1 N–H and O–H groups in total. The van der Waals surface area contributed by atoms with Gasteiger partial charge < -0.3 is 0 Å². The fourth-order valence-electron chi connectivity index (χ4n) is 2.29. The van der Waals surface area contributed by atoms with Gasteiger partial charge in [0.15, 0.2) is 0 Å². The van der Waals surface area contributed by atoms with Crippen LogP contribution < -0.4 is 10.2 Å². The second kappa shape index (κ2) is 5.79. The molecule has 3 rings (SSSR count). The number of carbonyl (C=O) groups excluding carboxylic acids is 1. The minimum absolute atomic E-state index is 0.127. The molecule has 21 heavy (non-hydrogen) atoms. The van der Waals surface area contributed by atoms with E-state index in [1.54, 1.807) is 4.90 Å². The van der Waals surface area contributed by atoms with E-state index in [4.69, 9.17) is 0 Å². The molecule has 4 nitrogen and oxygen atoms in total. The first kappa shape index (κ1) is 13.4. The Morgan fingerprint density at radius 1 is 1.05 bits per heavy atom. The zero-order chi connectivity index (χ0) is 14.7. The number of carbonyl (C=O) groups is 1. The number of anilines is 1. The number of urea groups is 1. The third kappa shape index (κ3) is 3.11. The van der Waals surface area contributed by atoms with Crippen molar-refractivity contribution in [2.75, 3.05) is 11.4 Å². The van der Waals surface area contributed by atoms with E-state index in [9.17, 15) is 4.79 Å². The van der Waals surface area contributed by atoms with Crippen molar-refractivity contribution in [3.05, 3.63) is 60.2 Å². The van der Waals surface area contributed by atoms with Gasteiger partial charge in [-0.3, -0.25) is 10.2 Å². The zero-order valence-corrected chi connectivity index (χ0v) is 11.9. The Bertz CT molecular complexity index is 662. The molecule has 0 saturated carbocycles. The zero-order valence-electron chi connectivity index (χ0n) is 11.9. The van der Waals surface area contributed by atoms with Crippen LogP contribution in [0.1, 0.15) is 12.0 Å². The maximum absolute atomic E-state index is 12.2. The molecular weight excluding hydrogens is 262 g/mol. The SMILES string of the molecule is Cc1ccc(N=C2CCN(c3ccccc3)C(=O)N2)cc1. The molecule has 0 spiro atoms. The topological polar surface area (TPSA) is 44.7 Å². The van der Waals surface area contributed by atoms with Gasteiger partial charge in [-0.15, -0.1) is 0 Å². The van der Waals surface area contributed by atoms with E-state index in [-0.39, 0.29) is 6.03 Å². The number of aliphatic imine (C=N–C) groups is 1. The number of nitrogens with one attached hydrogen (secondary N) is 1.